The van der Waals surface area contributed by atoms with E-state index in [1.165, 1.54) is 0 Å². The Morgan fingerprint density at radius 1 is 1.42 bits per heavy atom. The van der Waals surface area contributed by atoms with Gasteiger partial charge in [-0.1, -0.05) is 12.1 Å². The van der Waals surface area contributed by atoms with E-state index in [2.05, 4.69) is 16.7 Å². The topological polar surface area (TPSA) is 50.4 Å². The van der Waals surface area contributed by atoms with Gasteiger partial charge in [0.15, 0.2) is 0 Å². The normalized spacial score (nSPS) is 18.6. The molecule has 1 aromatic carbocycles. The summed E-state index contributed by atoms with van der Waals surface area (Å²) in [7, 11) is 0. The van der Waals surface area contributed by atoms with Crippen molar-refractivity contribution in [3.63, 3.8) is 0 Å². The summed E-state index contributed by atoms with van der Waals surface area (Å²) in [6.07, 6.45) is 2.28. The van der Waals surface area contributed by atoms with E-state index < -0.39 is 0 Å². The summed E-state index contributed by atoms with van der Waals surface area (Å²) in [5.41, 5.74) is 0.859. The molecule has 2 aromatic rings. The Morgan fingerprint density at radius 3 is 3.21 bits per heavy atom. The summed E-state index contributed by atoms with van der Waals surface area (Å²) in [5, 5.41) is 8.94. The number of anilines is 1. The molecule has 19 heavy (non-hydrogen) atoms. The third kappa shape index (κ3) is 2.88. The molecular weight excluding hydrogens is 260 g/mol. The molecule has 2 heterocycles. The molecule has 1 aliphatic heterocycles. The summed E-state index contributed by atoms with van der Waals surface area (Å²) in [5.74, 6) is 0. The van der Waals surface area contributed by atoms with Gasteiger partial charge < -0.3 is 15.4 Å². The van der Waals surface area contributed by atoms with Crippen molar-refractivity contribution < 1.29 is 9.53 Å². The number of urea groups is 1. The number of carbonyl (C=O) groups is 1. The average molecular weight is 276 g/mol. The third-order valence-electron chi connectivity index (χ3n) is 3.24. The van der Waals surface area contributed by atoms with Crippen molar-refractivity contribution >= 4 is 33.1 Å². The maximum absolute atomic E-state index is 11.9. The highest BCUT2D eigenvalue weighted by Gasteiger charge is 2.16. The second kappa shape index (κ2) is 5.59. The van der Waals surface area contributed by atoms with E-state index >= 15 is 0 Å². The quantitative estimate of drug-likeness (QED) is 0.904. The molecule has 0 bridgehead atoms. The molecular formula is C14H16N2O2S. The van der Waals surface area contributed by atoms with Crippen molar-refractivity contribution in [3.8, 4) is 0 Å². The van der Waals surface area contributed by atoms with Crippen LogP contribution < -0.4 is 10.6 Å². The molecule has 1 atom stereocenters. The fraction of sp³-hybridized carbons (Fsp3) is 0.357. The van der Waals surface area contributed by atoms with Crippen LogP contribution in [0.15, 0.2) is 29.6 Å². The molecule has 1 aromatic heterocycles. The lowest BCUT2D eigenvalue weighted by Crippen LogP contribution is -2.35. The van der Waals surface area contributed by atoms with E-state index in [9.17, 15) is 4.79 Å². The van der Waals surface area contributed by atoms with Gasteiger partial charge in [-0.15, -0.1) is 11.3 Å². The monoisotopic (exact) mass is 276 g/mol. The van der Waals surface area contributed by atoms with Gasteiger partial charge in [-0.05, 0) is 35.7 Å². The zero-order valence-corrected chi connectivity index (χ0v) is 11.3. The fourth-order valence-corrected chi connectivity index (χ4v) is 3.14. The lowest BCUT2D eigenvalue weighted by atomic mass is 10.2. The van der Waals surface area contributed by atoms with Crippen molar-refractivity contribution in [2.45, 2.75) is 18.9 Å². The van der Waals surface area contributed by atoms with E-state index in [1.807, 2.05) is 23.6 Å². The number of hydrogen-bond donors (Lipinski definition) is 2. The van der Waals surface area contributed by atoms with Gasteiger partial charge in [-0.2, -0.15) is 0 Å². The second-order valence-electron chi connectivity index (χ2n) is 4.61. The number of benzene rings is 1. The lowest BCUT2D eigenvalue weighted by Gasteiger charge is -2.12. The summed E-state index contributed by atoms with van der Waals surface area (Å²) in [4.78, 5) is 11.9. The number of amides is 2. The molecule has 0 radical (unpaired) electrons. The molecule has 2 amide bonds. The van der Waals surface area contributed by atoms with Gasteiger partial charge in [0.1, 0.15) is 0 Å². The van der Waals surface area contributed by atoms with Crippen molar-refractivity contribution in [3.05, 3.63) is 29.6 Å². The van der Waals surface area contributed by atoms with Crippen LogP contribution in [0.4, 0.5) is 10.5 Å². The summed E-state index contributed by atoms with van der Waals surface area (Å²) in [6, 6.07) is 7.79. The number of fused-ring (bicyclic) bond motifs is 1. The van der Waals surface area contributed by atoms with Crippen LogP contribution >= 0.6 is 11.3 Å². The Bertz CT molecular complexity index is 576. The van der Waals surface area contributed by atoms with Gasteiger partial charge in [-0.25, -0.2) is 4.79 Å². The molecule has 0 unspecified atom stereocenters. The molecule has 1 saturated heterocycles. The molecule has 1 fully saturated rings. The van der Waals surface area contributed by atoms with Crippen LogP contribution in [0.25, 0.3) is 10.1 Å². The lowest BCUT2D eigenvalue weighted by molar-refractivity contribution is 0.112. The Kier molecular flexibility index (Phi) is 3.66. The molecule has 5 heteroatoms. The average Bonchev–Trinajstić information content (AvgIpc) is 3.08. The maximum atomic E-state index is 11.9. The zero-order chi connectivity index (χ0) is 13.1. The minimum absolute atomic E-state index is 0.170. The first-order chi connectivity index (χ1) is 9.33. The summed E-state index contributed by atoms with van der Waals surface area (Å²) < 4.78 is 6.58. The standard InChI is InChI=1S/C14H16N2O2S/c17-14(15-9-11-4-2-7-18-11)16-12-5-1-3-10-6-8-19-13(10)12/h1,3,5-6,8,11H,2,4,7,9H2,(H2,15,16,17)/t11-/m0/s1. The van der Waals surface area contributed by atoms with Gasteiger partial charge in [0.25, 0.3) is 0 Å². The van der Waals surface area contributed by atoms with E-state index in [1.54, 1.807) is 11.3 Å². The first-order valence-electron chi connectivity index (χ1n) is 6.45. The zero-order valence-electron chi connectivity index (χ0n) is 10.5. The molecule has 1 aliphatic rings. The molecule has 2 N–H and O–H groups in total. The van der Waals surface area contributed by atoms with Crippen LogP contribution in [0.5, 0.6) is 0 Å². The Morgan fingerprint density at radius 2 is 2.37 bits per heavy atom. The van der Waals surface area contributed by atoms with E-state index in [-0.39, 0.29) is 12.1 Å². The van der Waals surface area contributed by atoms with Crippen LogP contribution in [-0.4, -0.2) is 25.3 Å². The number of rotatable bonds is 3. The first-order valence-corrected chi connectivity index (χ1v) is 7.33. The molecule has 100 valence electrons. The van der Waals surface area contributed by atoms with Crippen LogP contribution in [-0.2, 0) is 4.74 Å². The number of carbonyl (C=O) groups excluding carboxylic acids is 1. The van der Waals surface area contributed by atoms with Crippen molar-refractivity contribution in [1.82, 2.24) is 5.32 Å². The van der Waals surface area contributed by atoms with Crippen molar-refractivity contribution in [2.24, 2.45) is 0 Å². The summed E-state index contributed by atoms with van der Waals surface area (Å²) >= 11 is 1.63. The predicted molar refractivity (Wildman–Crippen MR) is 77.8 cm³/mol. The van der Waals surface area contributed by atoms with Gasteiger partial charge in [0.05, 0.1) is 16.5 Å². The SMILES string of the molecule is O=C(NC[C@@H]1CCCO1)Nc1cccc2ccsc12. The molecule has 4 nitrogen and oxygen atoms in total. The first kappa shape index (κ1) is 12.4. The largest absolute Gasteiger partial charge is 0.376 e. The van der Waals surface area contributed by atoms with E-state index in [0.717, 1.165) is 35.2 Å². The minimum atomic E-state index is -0.170. The van der Waals surface area contributed by atoms with Gasteiger partial charge >= 0.3 is 6.03 Å². The van der Waals surface area contributed by atoms with Crippen molar-refractivity contribution in [1.29, 1.82) is 0 Å². The van der Waals surface area contributed by atoms with Crippen LogP contribution in [0.1, 0.15) is 12.8 Å². The summed E-state index contributed by atoms with van der Waals surface area (Å²) in [6.45, 7) is 1.38. The number of hydrogen-bond acceptors (Lipinski definition) is 3. The Hall–Kier alpha value is -1.59. The number of nitrogens with one attached hydrogen (secondary N) is 2. The Balaban J connectivity index is 1.60. The second-order valence-corrected chi connectivity index (χ2v) is 5.53. The van der Waals surface area contributed by atoms with Gasteiger partial charge in [0, 0.05) is 13.2 Å². The maximum Gasteiger partial charge on any atom is 0.319 e. The number of thiophene rings is 1. The highest BCUT2D eigenvalue weighted by Crippen LogP contribution is 2.28. The number of ether oxygens (including phenoxy) is 1. The van der Waals surface area contributed by atoms with E-state index in [4.69, 9.17) is 4.74 Å². The molecule has 0 saturated carbocycles. The van der Waals surface area contributed by atoms with Crippen LogP contribution in [0.3, 0.4) is 0 Å². The highest BCUT2D eigenvalue weighted by molar-refractivity contribution is 7.17. The minimum Gasteiger partial charge on any atom is -0.376 e. The molecule has 0 spiro atoms. The Labute approximate surface area is 115 Å². The predicted octanol–water partition coefficient (Wildman–Crippen LogP) is 3.20. The van der Waals surface area contributed by atoms with Crippen LogP contribution in [0, 0.1) is 0 Å². The molecule has 3 rings (SSSR count). The van der Waals surface area contributed by atoms with Gasteiger partial charge in [0.2, 0.25) is 0 Å². The fourth-order valence-electron chi connectivity index (χ4n) is 2.27. The molecule has 0 aliphatic carbocycles. The highest BCUT2D eigenvalue weighted by atomic mass is 32.1. The van der Waals surface area contributed by atoms with E-state index in [0.29, 0.717) is 6.54 Å². The van der Waals surface area contributed by atoms with Crippen LogP contribution in [0.2, 0.25) is 0 Å². The smallest absolute Gasteiger partial charge is 0.319 e. The van der Waals surface area contributed by atoms with Gasteiger partial charge in [-0.3, -0.25) is 0 Å². The third-order valence-corrected chi connectivity index (χ3v) is 4.20. The van der Waals surface area contributed by atoms with Crippen molar-refractivity contribution in [2.75, 3.05) is 18.5 Å².